The molecule has 0 atom stereocenters. The number of nitriles is 2. The third-order valence-corrected chi connectivity index (χ3v) is 1.77. The van der Waals surface area contributed by atoms with Gasteiger partial charge < -0.3 is 0 Å². The molecule has 0 N–H and O–H groups in total. The van der Waals surface area contributed by atoms with Crippen LogP contribution in [-0.4, -0.2) is 4.98 Å². The molecular weight excluding hydrogens is 252 g/mol. The molecule has 0 saturated carbocycles. The second kappa shape index (κ2) is 5.96. The maximum Gasteiger partial charge on any atom is 0.159 e. The molecule has 0 unspecified atom stereocenters. The number of aromatic nitrogens is 1. The number of rotatable bonds is 3. The van der Waals surface area contributed by atoms with E-state index in [1.54, 1.807) is 12.1 Å². The number of hydrogen-bond acceptors (Lipinski definition) is 6. The highest BCUT2D eigenvalue weighted by molar-refractivity contribution is 5.79. The number of nitrogens with zero attached hydrogens (tertiary/aromatic N) is 12. The average Bonchev–Trinajstić information content (AvgIpc) is 2.42. The molecule has 0 aromatic carbocycles. The van der Waals surface area contributed by atoms with Crippen molar-refractivity contribution < 1.29 is 0 Å². The van der Waals surface area contributed by atoms with Gasteiger partial charge in [0, 0.05) is 14.7 Å². The Hall–Kier alpha value is -3.94. The zero-order chi connectivity index (χ0) is 14.3. The van der Waals surface area contributed by atoms with E-state index in [4.69, 9.17) is 27.1 Å². The second-order valence-electron chi connectivity index (χ2n) is 2.65. The van der Waals surface area contributed by atoms with E-state index in [0.29, 0.717) is 0 Å². The van der Waals surface area contributed by atoms with Crippen LogP contribution >= 0.6 is 0 Å². The van der Waals surface area contributed by atoms with Crippen LogP contribution in [0, 0.1) is 22.7 Å². The van der Waals surface area contributed by atoms with E-state index in [2.05, 4.69) is 35.1 Å². The highest BCUT2D eigenvalue weighted by atomic mass is 15.2. The highest BCUT2D eigenvalue weighted by Crippen LogP contribution is 2.40. The Kier molecular flexibility index (Phi) is 4.12. The van der Waals surface area contributed by atoms with Crippen LogP contribution in [0.3, 0.4) is 0 Å². The van der Waals surface area contributed by atoms with Crippen molar-refractivity contribution in [3.05, 3.63) is 42.6 Å². The van der Waals surface area contributed by atoms with Gasteiger partial charge in [-0.1, -0.05) is 10.2 Å². The predicted octanol–water partition coefficient (Wildman–Crippen LogP) is 3.65. The van der Waals surface area contributed by atoms with E-state index in [1.807, 2.05) is 0 Å². The summed E-state index contributed by atoms with van der Waals surface area (Å²) in [4.78, 5) is 10.9. The lowest BCUT2D eigenvalue weighted by atomic mass is 10.1. The summed E-state index contributed by atoms with van der Waals surface area (Å²) < 4.78 is 0. The third kappa shape index (κ3) is 2.42. The molecule has 1 aromatic heterocycles. The third-order valence-electron chi connectivity index (χ3n) is 1.77. The van der Waals surface area contributed by atoms with Gasteiger partial charge in [0.05, 0.1) is 16.9 Å². The molecule has 0 aliphatic carbocycles. The molecule has 12 heteroatoms. The SMILES string of the molecule is N#Cc1nc(N=[N+]=[N-])c(N=[N+]=[N-])c(N=[N+]=[N-])c1C#N. The van der Waals surface area contributed by atoms with Crippen molar-refractivity contribution in [1.29, 1.82) is 10.5 Å². The molecule has 12 nitrogen and oxygen atoms in total. The molecule has 1 heterocycles. The van der Waals surface area contributed by atoms with Crippen LogP contribution in [-0.2, 0) is 0 Å². The quantitative estimate of drug-likeness (QED) is 0.448. The fourth-order valence-electron chi connectivity index (χ4n) is 1.13. The maximum atomic E-state index is 8.91. The van der Waals surface area contributed by atoms with Crippen LogP contribution in [0.1, 0.15) is 11.3 Å². The Morgan fingerprint density at radius 3 is 1.95 bits per heavy atom. The lowest BCUT2D eigenvalue weighted by molar-refractivity contribution is 1.18. The topological polar surface area (TPSA) is 207 Å². The van der Waals surface area contributed by atoms with E-state index in [-0.39, 0.29) is 5.56 Å². The van der Waals surface area contributed by atoms with Crippen molar-refractivity contribution in [2.24, 2.45) is 15.3 Å². The second-order valence-corrected chi connectivity index (χ2v) is 2.65. The van der Waals surface area contributed by atoms with Crippen molar-refractivity contribution in [3.63, 3.8) is 0 Å². The molecule has 1 aromatic rings. The molecule has 0 saturated heterocycles. The van der Waals surface area contributed by atoms with Gasteiger partial charge in [-0.15, -0.1) is 0 Å². The molecule has 88 valence electrons. The van der Waals surface area contributed by atoms with Gasteiger partial charge in [0.25, 0.3) is 0 Å². The molecule has 0 amide bonds. The van der Waals surface area contributed by atoms with Crippen LogP contribution in [0.15, 0.2) is 15.3 Å². The summed E-state index contributed by atoms with van der Waals surface area (Å²) in [5.41, 5.74) is 23.6. The van der Waals surface area contributed by atoms with Crippen molar-refractivity contribution in [1.82, 2.24) is 4.98 Å². The van der Waals surface area contributed by atoms with Crippen molar-refractivity contribution in [2.45, 2.75) is 0 Å². The van der Waals surface area contributed by atoms with E-state index in [1.165, 1.54) is 0 Å². The normalized spacial score (nSPS) is 7.89. The molecule has 1 rings (SSSR count). The Labute approximate surface area is 104 Å². The van der Waals surface area contributed by atoms with Gasteiger partial charge in [-0.05, 0) is 21.7 Å². The van der Waals surface area contributed by atoms with Crippen LogP contribution < -0.4 is 0 Å². The van der Waals surface area contributed by atoms with Crippen LogP contribution in [0.5, 0.6) is 0 Å². The maximum absolute atomic E-state index is 8.91. The summed E-state index contributed by atoms with van der Waals surface area (Å²) in [6, 6.07) is 3.18. The smallest absolute Gasteiger partial charge is 0.159 e. The highest BCUT2D eigenvalue weighted by Gasteiger charge is 2.17. The number of azide groups is 3. The Balaban J connectivity index is 4.01. The monoisotopic (exact) mass is 252 g/mol. The zero-order valence-corrected chi connectivity index (χ0v) is 8.87. The summed E-state index contributed by atoms with van der Waals surface area (Å²) >= 11 is 0. The fraction of sp³-hybridized carbons (Fsp3) is 0. The largest absolute Gasteiger partial charge is 0.234 e. The summed E-state index contributed by atoms with van der Waals surface area (Å²) in [6.07, 6.45) is 0. The van der Waals surface area contributed by atoms with Gasteiger partial charge >= 0.3 is 0 Å². The van der Waals surface area contributed by atoms with Crippen molar-refractivity contribution in [2.75, 3.05) is 0 Å². The Morgan fingerprint density at radius 1 is 0.895 bits per heavy atom. The molecule has 0 aliphatic rings. The van der Waals surface area contributed by atoms with Crippen LogP contribution in [0.25, 0.3) is 31.3 Å². The first-order valence-electron chi connectivity index (χ1n) is 4.27. The summed E-state index contributed by atoms with van der Waals surface area (Å²) in [5, 5.41) is 27.2. The van der Waals surface area contributed by atoms with Gasteiger partial charge in [-0.25, -0.2) is 4.98 Å². The van der Waals surface area contributed by atoms with Crippen molar-refractivity contribution >= 4 is 17.2 Å². The standard InChI is InChI=1S/C7N12/c8-1-3-4(2-9)13-7(16-19-12)6(15-18-11)5(3)14-17-10. The van der Waals surface area contributed by atoms with E-state index in [9.17, 15) is 0 Å². The zero-order valence-electron chi connectivity index (χ0n) is 8.87. The first-order valence-corrected chi connectivity index (χ1v) is 4.27. The van der Waals surface area contributed by atoms with Crippen molar-refractivity contribution in [3.8, 4) is 12.1 Å². The lowest BCUT2D eigenvalue weighted by Crippen LogP contribution is -1.90. The molecule has 0 radical (unpaired) electrons. The number of pyridine rings is 1. The van der Waals surface area contributed by atoms with Gasteiger partial charge in [0.1, 0.15) is 18.0 Å². The molecule has 0 bridgehead atoms. The summed E-state index contributed by atoms with van der Waals surface area (Å²) in [6.45, 7) is 0. The molecule has 0 aliphatic heterocycles. The van der Waals surface area contributed by atoms with Gasteiger partial charge in [0.15, 0.2) is 5.69 Å². The Bertz CT molecular complexity index is 757. The predicted molar refractivity (Wildman–Crippen MR) is 60.1 cm³/mol. The molecule has 0 fully saturated rings. The van der Waals surface area contributed by atoms with Gasteiger partial charge in [0.2, 0.25) is 0 Å². The minimum Gasteiger partial charge on any atom is -0.234 e. The van der Waals surface area contributed by atoms with Crippen LogP contribution in [0.4, 0.5) is 17.2 Å². The van der Waals surface area contributed by atoms with Gasteiger partial charge in [-0.3, -0.25) is 0 Å². The van der Waals surface area contributed by atoms with E-state index >= 15 is 0 Å². The molecule has 19 heavy (non-hydrogen) atoms. The first kappa shape index (κ1) is 13.1. The minimum absolute atomic E-state index is 0.375. The first-order chi connectivity index (χ1) is 9.23. The lowest BCUT2D eigenvalue weighted by Gasteiger charge is -2.05. The minimum atomic E-state index is -0.460. The molecule has 0 spiro atoms. The average molecular weight is 252 g/mol. The summed E-state index contributed by atoms with van der Waals surface area (Å²) in [5.74, 6) is -0.460. The number of hydrogen-bond donors (Lipinski definition) is 0. The van der Waals surface area contributed by atoms with Crippen LogP contribution in [0.2, 0.25) is 0 Å². The van der Waals surface area contributed by atoms with Gasteiger partial charge in [-0.2, -0.15) is 10.5 Å². The Morgan fingerprint density at radius 2 is 1.47 bits per heavy atom. The molecular formula is C7N12. The summed E-state index contributed by atoms with van der Waals surface area (Å²) in [7, 11) is 0. The van der Waals surface area contributed by atoms with E-state index in [0.717, 1.165) is 0 Å². The fourth-order valence-corrected chi connectivity index (χ4v) is 1.13. The van der Waals surface area contributed by atoms with E-state index < -0.39 is 22.9 Å².